The largest absolute Gasteiger partial charge is 0.424 e. The van der Waals surface area contributed by atoms with Crippen molar-refractivity contribution in [3.63, 3.8) is 0 Å². The first-order chi connectivity index (χ1) is 69.3. The Balaban J connectivity index is 0.000000148. The molecule has 5 aliphatic heterocycles. The molecule has 5 fully saturated rings. The number of aliphatic hydroxyl groups excluding tert-OH is 7. The lowest BCUT2D eigenvalue weighted by Crippen LogP contribution is -2.38. The van der Waals surface area contributed by atoms with Crippen molar-refractivity contribution in [2.75, 3.05) is 80.2 Å². The van der Waals surface area contributed by atoms with E-state index in [1.807, 2.05) is 0 Å². The molecular weight excluding hydrogens is 2350 g/mol. The van der Waals surface area contributed by atoms with Crippen LogP contribution in [0.15, 0.2) is 157 Å². The minimum absolute atomic E-state index is 0.00788. The lowest BCUT2D eigenvalue weighted by atomic mass is 10.1. The number of para-hydroxylation sites is 3. The number of aliphatic hydroxyl groups is 7. The van der Waals surface area contributed by atoms with E-state index in [1.54, 1.807) is 118 Å². The molecule has 5 aliphatic rings. The summed E-state index contributed by atoms with van der Waals surface area (Å²) in [5.41, 5.74) is 28.3. The van der Waals surface area contributed by atoms with Gasteiger partial charge in [0.25, 0.3) is 11.1 Å². The Kier molecular flexibility index (Phi) is 34.7. The lowest BCUT2D eigenvalue weighted by Gasteiger charge is -2.24. The third-order valence-electron chi connectivity index (χ3n) is 23.6. The third kappa shape index (κ3) is 24.2. The highest BCUT2D eigenvalue weighted by Gasteiger charge is 2.63. The van der Waals surface area contributed by atoms with Crippen LogP contribution in [-0.4, -0.2) is 281 Å². The number of ketones is 3. The number of H-pyrrole nitrogens is 2. The second-order valence-electron chi connectivity index (χ2n) is 34.0. The van der Waals surface area contributed by atoms with E-state index < -0.39 is 200 Å². The quantitative estimate of drug-likeness (QED) is 0.0110. The number of benzene rings is 3. The highest BCUT2D eigenvalue weighted by atomic mass is 79.9. The smallest absolute Gasteiger partial charge is 0.379 e. The highest BCUT2D eigenvalue weighted by Crippen LogP contribution is 2.58. The molecule has 8 unspecified atom stereocenters. The SMILES string of the molecule is CC(=O)[C@H](C)CP(=O)(OC[C@H]1O[C@@H](n2ccc3c(N)ncnc32)C(F)(Br)[C@H]1O)Oc1ccccc1.CC(=O)[C@H](C)CP(=O)(OC[C@H]1O[C@@H](n2cnc3c(=O)[nH]c(N)nc32)C(F)(Br)[C@H]1O)Oc1ccccc1.CC(=O)[C@H](C)CP(=O)(OC[C@H]1O[C@@H](n2cnc3c(N)ncnc32)C(F)(Br)[C@H]1O)Oc1ccccc1.Nc1nc2c(ncn2[C@@H]2O[C@H](CO)[C@H](O)C2(F)Br)c(=O)[nH]1.Nc1ncnc2c1ncn2[C@@H]1O[C@H](CO)[C@H](O)C1(F)Br. The topological polar surface area (TPSA) is 721 Å². The molecule has 0 amide bonds. The molecule has 15 heterocycles. The molecule has 10 aromatic heterocycles. The molecule has 792 valence electrons. The van der Waals surface area contributed by atoms with Gasteiger partial charge in [-0.1, -0.05) is 75.4 Å². The summed E-state index contributed by atoms with van der Waals surface area (Å²) in [6.07, 6.45) is -11.9. The molecule has 18 rings (SSSR count). The van der Waals surface area contributed by atoms with E-state index in [9.17, 15) is 72.0 Å². The molecule has 0 radical (unpaired) electrons. The molecule has 63 heteroatoms. The maximum Gasteiger partial charge on any atom is 0.379 e. The Hall–Kier alpha value is -10.4. The number of hydrogen-bond donors (Lipinski definition) is 14. The van der Waals surface area contributed by atoms with Crippen molar-refractivity contribution >= 4 is 205 Å². The van der Waals surface area contributed by atoms with E-state index in [1.165, 1.54) is 72.3 Å². The molecular formula is C84H95Br5F5N24O26P3. The fourth-order valence-corrected chi connectivity index (χ4v) is 24.3. The molecule has 0 aliphatic carbocycles. The number of aromatic amines is 2. The number of fused-ring (bicyclic) bond motifs is 5. The Bertz CT molecular complexity index is 6990. The first kappa shape index (κ1) is 112. The van der Waals surface area contributed by atoms with Crippen molar-refractivity contribution < 1.29 is 137 Å². The van der Waals surface area contributed by atoms with Gasteiger partial charge in [0.1, 0.15) is 137 Å². The zero-order chi connectivity index (χ0) is 107. The monoisotopic (exact) mass is 2440 g/mol. The number of ether oxygens (including phenoxy) is 5. The van der Waals surface area contributed by atoms with Crippen LogP contribution in [0.25, 0.3) is 55.7 Å². The number of rotatable bonds is 31. The first-order valence-corrected chi connectivity index (χ1v) is 53.0. The van der Waals surface area contributed by atoms with Crippen molar-refractivity contribution in [2.24, 2.45) is 17.8 Å². The summed E-state index contributed by atoms with van der Waals surface area (Å²) < 4.78 is 172. The van der Waals surface area contributed by atoms with E-state index in [2.05, 4.69) is 149 Å². The molecule has 147 heavy (non-hydrogen) atoms. The number of halogens is 10. The molecule has 26 atom stereocenters. The number of carbonyl (C=O) groups is 3. The molecule has 13 aromatic rings. The van der Waals surface area contributed by atoms with Crippen LogP contribution in [0.4, 0.5) is 51.3 Å². The van der Waals surface area contributed by atoms with Gasteiger partial charge < -0.3 is 106 Å². The van der Waals surface area contributed by atoms with Crippen molar-refractivity contribution in [3.8, 4) is 17.2 Å². The van der Waals surface area contributed by atoms with Crippen LogP contribution >= 0.6 is 102 Å². The molecule has 5 saturated heterocycles. The molecule has 0 spiro atoms. The first-order valence-electron chi connectivity index (χ1n) is 43.9. The van der Waals surface area contributed by atoms with Crippen LogP contribution in [-0.2, 0) is 65.3 Å². The number of nitrogens with zero attached hydrogens (tertiary/aromatic N) is 17. The number of nitrogen functional groups attached to an aromatic ring is 5. The standard InChI is InChI=1S/C22H25BrFN4O6P.C21H24BrFN5O7P.C21H24BrFN5O6P.C10H11BrFN5O4.C10H11BrFN5O3/c1-13(14(2)29)11-35(31,34-15-6-4-3-5-7-15)32-10-17-18(30)22(23,24)21(33-17)28-9-8-16-19(25)26-12-27-20(16)28;1-11(12(2)29)9-36(32,35-13-6-4-3-5-7-13)33-8-14-16(30)21(22,23)19(34-14)28-10-25-15-17(28)26-20(24)27-18(15)31;1-12(13(2)29)9-35(31,34-14-6-4-3-5-7-14)32-8-15-17(30)21(22,23)20(33-15)28-11-27-16-18(24)25-10-26-19(16)28;11-10(12)5(19)3(1-18)21-8(10)17-2-14-4-6(17)15-9(13)16-7(4)20;11-10(12)6(19)4(1-18)20-9(10)17-3-16-5-7(13)14-2-15-8(5)17/h3-9,12-13,17-18,21,30H,10-11H2,1-2H3,(H2,25,26,27);3-7,10-11,14,16,19,30H,8-9H2,1-2H3,(H3,24,26,27,31);3-7,10-12,15,17,20,30H,8-9H2,1-2H3,(H2,24,25,26);2-3,5,8,18-19H,1H2,(H3,13,15,16,20);2-4,6,9,18-19H,1H2,(H2,13,14,15)/t13-,17-,18+,21-,22?,35?;11-,14-,16+,19-,21?,36?;12-,15-,17+,20-,21?,35?;3-,5+,8-,10?;4-,6+,9-,10?/m11111/s1. The second kappa shape index (κ2) is 45.4. The van der Waals surface area contributed by atoms with Crippen LogP contribution in [0.3, 0.4) is 0 Å². The van der Waals surface area contributed by atoms with E-state index >= 15 is 13.2 Å². The minimum atomic E-state index is -3.95. The Labute approximate surface area is 868 Å². The predicted molar refractivity (Wildman–Crippen MR) is 530 cm³/mol. The van der Waals surface area contributed by atoms with E-state index in [-0.39, 0.29) is 122 Å². The fourth-order valence-electron chi connectivity index (χ4n) is 15.3. The Morgan fingerprint density at radius 1 is 0.395 bits per heavy atom. The van der Waals surface area contributed by atoms with E-state index in [0.717, 1.165) is 21.8 Å². The van der Waals surface area contributed by atoms with Crippen LogP contribution in [0.2, 0.25) is 0 Å². The normalized spacial score (nSPS) is 28.6. The molecule has 50 nitrogen and oxygen atoms in total. The number of alkyl halides is 10. The van der Waals surface area contributed by atoms with Gasteiger partial charge in [-0.25, -0.2) is 85.5 Å². The number of carbonyl (C=O) groups excluding carboxylic acids is 3. The highest BCUT2D eigenvalue weighted by molar-refractivity contribution is 9.10. The van der Waals surface area contributed by atoms with Gasteiger partial charge in [0.2, 0.25) is 34.8 Å². The number of hydrogen-bond acceptors (Lipinski definition) is 43. The molecule has 0 saturated carbocycles. The van der Waals surface area contributed by atoms with E-state index in [4.69, 9.17) is 89.7 Å². The minimum Gasteiger partial charge on any atom is -0.424 e. The van der Waals surface area contributed by atoms with Crippen LogP contribution in [0.1, 0.15) is 72.7 Å². The number of imidazole rings is 4. The number of Topliss-reactive ketones (excluding diaryl/α,β-unsaturated/α-hetero) is 3. The average Bonchev–Trinajstić information content (AvgIpc) is 1.62. The Morgan fingerprint density at radius 2 is 0.660 bits per heavy atom. The average molecular weight is 2440 g/mol. The van der Waals surface area contributed by atoms with Crippen molar-refractivity contribution in [3.05, 3.63) is 168 Å². The van der Waals surface area contributed by atoms with Gasteiger partial charge in [-0.05, 0) is 143 Å². The summed E-state index contributed by atoms with van der Waals surface area (Å²) >= 11 is 14.3. The van der Waals surface area contributed by atoms with Gasteiger partial charge in [0.05, 0.1) is 82.2 Å². The van der Waals surface area contributed by atoms with Crippen molar-refractivity contribution in [2.45, 2.75) is 157 Å². The van der Waals surface area contributed by atoms with Gasteiger partial charge in [0.15, 0.2) is 76.4 Å². The third-order valence-corrected chi connectivity index (χ3v) is 34.0. The molecule has 0 bridgehead atoms. The fraction of sp³-hybridized carbons (Fsp3) is 0.440. The predicted octanol–water partition coefficient (Wildman–Crippen LogP) is 8.36. The van der Waals surface area contributed by atoms with Gasteiger partial charge in [-0.3, -0.25) is 65.8 Å². The summed E-state index contributed by atoms with van der Waals surface area (Å²) in [6, 6.07) is 26.5. The number of nitrogens with two attached hydrogens (primary N) is 5. The zero-order valence-electron chi connectivity index (χ0n) is 77.4. The number of aromatic nitrogens is 19. The summed E-state index contributed by atoms with van der Waals surface area (Å²) in [7, 11) is -11.7. The van der Waals surface area contributed by atoms with Crippen LogP contribution in [0.5, 0.6) is 17.2 Å². The number of nitrogens with one attached hydrogen (secondary N) is 2. The maximum absolute atomic E-state index is 15.6. The van der Waals surface area contributed by atoms with E-state index in [0.29, 0.717) is 16.6 Å². The summed E-state index contributed by atoms with van der Waals surface area (Å²) in [5.74, 6) is -1.57. The van der Waals surface area contributed by atoms with Crippen LogP contribution < -0.4 is 53.4 Å². The Morgan fingerprint density at radius 3 is 0.952 bits per heavy atom. The summed E-state index contributed by atoms with van der Waals surface area (Å²) in [5, 5.41) is 70.3. The summed E-state index contributed by atoms with van der Waals surface area (Å²) in [4.78, 5) is 111. The van der Waals surface area contributed by atoms with Crippen LogP contribution in [0, 0.1) is 17.8 Å². The van der Waals surface area contributed by atoms with Gasteiger partial charge in [0, 0.05) is 24.0 Å². The second-order valence-corrected chi connectivity index (χ2v) is 46.2. The maximum atomic E-state index is 15.6. The lowest BCUT2D eigenvalue weighted by molar-refractivity contribution is -0.120. The van der Waals surface area contributed by atoms with Crippen molar-refractivity contribution in [1.29, 1.82) is 0 Å². The number of anilines is 5. The molecule has 19 N–H and O–H groups in total. The van der Waals surface area contributed by atoms with Gasteiger partial charge in [-0.15, -0.1) is 0 Å². The van der Waals surface area contributed by atoms with Gasteiger partial charge >= 0.3 is 22.8 Å². The van der Waals surface area contributed by atoms with Crippen molar-refractivity contribution in [1.82, 2.24) is 92.6 Å². The zero-order valence-corrected chi connectivity index (χ0v) is 88.0. The summed E-state index contributed by atoms with van der Waals surface area (Å²) in [6.45, 7) is 6.35. The van der Waals surface area contributed by atoms with Gasteiger partial charge in [-0.2, -0.15) is 9.97 Å². The molecule has 3 aromatic carbocycles.